The van der Waals surface area contributed by atoms with Crippen LogP contribution in [0.1, 0.15) is 31.2 Å². The minimum absolute atomic E-state index is 0.133. The summed E-state index contributed by atoms with van der Waals surface area (Å²) in [4.78, 5) is 26.9. The Morgan fingerprint density at radius 1 is 1.11 bits per heavy atom. The molecular formula is C22H23FN2O3. The van der Waals surface area contributed by atoms with Crippen molar-refractivity contribution >= 4 is 23.2 Å². The van der Waals surface area contributed by atoms with Crippen molar-refractivity contribution in [2.75, 3.05) is 23.4 Å². The zero-order valence-corrected chi connectivity index (χ0v) is 15.6. The van der Waals surface area contributed by atoms with E-state index in [1.54, 1.807) is 0 Å². The minimum Gasteiger partial charge on any atom is -0.484 e. The van der Waals surface area contributed by atoms with Gasteiger partial charge in [-0.15, -0.1) is 0 Å². The van der Waals surface area contributed by atoms with E-state index >= 15 is 0 Å². The normalized spacial score (nSPS) is 16.1. The van der Waals surface area contributed by atoms with E-state index in [9.17, 15) is 14.0 Å². The number of ether oxygens (including phenoxy) is 1. The summed E-state index contributed by atoms with van der Waals surface area (Å²) in [6.45, 7) is 0.531. The molecule has 1 fully saturated rings. The molecule has 6 heteroatoms. The molecular weight excluding hydrogens is 359 g/mol. The Hall–Kier alpha value is -2.89. The molecule has 1 heterocycles. The van der Waals surface area contributed by atoms with Crippen molar-refractivity contribution in [1.82, 2.24) is 0 Å². The fraction of sp³-hybridized carbons (Fsp3) is 0.364. The summed E-state index contributed by atoms with van der Waals surface area (Å²) in [7, 11) is 0. The summed E-state index contributed by atoms with van der Waals surface area (Å²) < 4.78 is 18.3. The van der Waals surface area contributed by atoms with E-state index in [2.05, 4.69) is 5.32 Å². The molecule has 5 nitrogen and oxygen atoms in total. The lowest BCUT2D eigenvalue weighted by molar-refractivity contribution is -0.122. The van der Waals surface area contributed by atoms with Crippen molar-refractivity contribution in [2.24, 2.45) is 5.92 Å². The monoisotopic (exact) mass is 382 g/mol. The number of hydrogen-bond acceptors (Lipinski definition) is 3. The molecule has 0 unspecified atom stereocenters. The van der Waals surface area contributed by atoms with E-state index in [-0.39, 0.29) is 30.2 Å². The van der Waals surface area contributed by atoms with Gasteiger partial charge >= 0.3 is 0 Å². The number of rotatable bonds is 5. The lowest BCUT2D eigenvalue weighted by Gasteiger charge is -2.21. The van der Waals surface area contributed by atoms with E-state index in [4.69, 9.17) is 4.74 Å². The standard InChI is InChI=1S/C22H23FN2O3/c23-17-6-9-19(10-7-17)28-14-21(26)24-18-8-5-15-11-12-25(20(15)13-18)22(27)16-3-1-2-4-16/h5-10,13,16H,1-4,11-12,14H2,(H,24,26). The van der Waals surface area contributed by atoms with E-state index in [0.29, 0.717) is 18.0 Å². The molecule has 28 heavy (non-hydrogen) atoms. The summed E-state index contributed by atoms with van der Waals surface area (Å²) in [5, 5.41) is 2.81. The van der Waals surface area contributed by atoms with Crippen LogP contribution in [-0.4, -0.2) is 25.0 Å². The molecule has 1 aliphatic carbocycles. The Morgan fingerprint density at radius 2 is 1.86 bits per heavy atom. The highest BCUT2D eigenvalue weighted by Gasteiger charge is 2.31. The van der Waals surface area contributed by atoms with Gasteiger partial charge in [0.15, 0.2) is 6.61 Å². The fourth-order valence-corrected chi connectivity index (χ4v) is 3.96. The second-order valence-corrected chi connectivity index (χ2v) is 7.36. The lowest BCUT2D eigenvalue weighted by atomic mass is 10.1. The summed E-state index contributed by atoms with van der Waals surface area (Å²) in [5.74, 6) is 0.106. The third kappa shape index (κ3) is 4.01. The average molecular weight is 382 g/mol. The highest BCUT2D eigenvalue weighted by Crippen LogP contribution is 2.35. The lowest BCUT2D eigenvalue weighted by Crippen LogP contribution is -2.33. The van der Waals surface area contributed by atoms with Crippen LogP contribution in [0.4, 0.5) is 15.8 Å². The Bertz CT molecular complexity index is 876. The second kappa shape index (κ2) is 8.00. The van der Waals surface area contributed by atoms with Gasteiger partial charge in [-0.1, -0.05) is 18.9 Å². The van der Waals surface area contributed by atoms with Crippen molar-refractivity contribution in [3.05, 3.63) is 53.8 Å². The van der Waals surface area contributed by atoms with Crippen LogP contribution in [0.2, 0.25) is 0 Å². The third-order valence-electron chi connectivity index (χ3n) is 5.42. The van der Waals surface area contributed by atoms with Crippen LogP contribution >= 0.6 is 0 Å². The maximum absolute atomic E-state index is 12.9. The molecule has 0 aromatic heterocycles. The number of carbonyl (C=O) groups excluding carboxylic acids is 2. The first-order chi connectivity index (χ1) is 13.6. The van der Waals surface area contributed by atoms with E-state index < -0.39 is 0 Å². The van der Waals surface area contributed by atoms with Crippen molar-refractivity contribution in [3.63, 3.8) is 0 Å². The number of hydrogen-bond donors (Lipinski definition) is 1. The third-order valence-corrected chi connectivity index (χ3v) is 5.42. The molecule has 1 saturated carbocycles. The van der Waals surface area contributed by atoms with Gasteiger partial charge in [0.25, 0.3) is 5.91 Å². The topological polar surface area (TPSA) is 58.6 Å². The molecule has 0 radical (unpaired) electrons. The van der Waals surface area contributed by atoms with E-state index in [0.717, 1.165) is 43.4 Å². The Balaban J connectivity index is 1.39. The van der Waals surface area contributed by atoms with Gasteiger partial charge in [-0.05, 0) is 61.2 Å². The quantitative estimate of drug-likeness (QED) is 0.853. The Morgan fingerprint density at radius 3 is 2.61 bits per heavy atom. The molecule has 2 aromatic carbocycles. The van der Waals surface area contributed by atoms with Crippen LogP contribution in [0.15, 0.2) is 42.5 Å². The minimum atomic E-state index is -0.355. The Kier molecular flexibility index (Phi) is 5.28. The van der Waals surface area contributed by atoms with E-state index in [1.165, 1.54) is 24.3 Å². The van der Waals surface area contributed by atoms with Crippen LogP contribution in [0.5, 0.6) is 5.75 Å². The van der Waals surface area contributed by atoms with E-state index in [1.807, 2.05) is 23.1 Å². The van der Waals surface area contributed by atoms with Crippen molar-refractivity contribution in [1.29, 1.82) is 0 Å². The zero-order valence-electron chi connectivity index (χ0n) is 15.6. The van der Waals surface area contributed by atoms with Crippen molar-refractivity contribution in [2.45, 2.75) is 32.1 Å². The maximum Gasteiger partial charge on any atom is 0.262 e. The molecule has 0 spiro atoms. The zero-order chi connectivity index (χ0) is 19.5. The molecule has 1 N–H and O–H groups in total. The molecule has 2 aliphatic rings. The first-order valence-electron chi connectivity index (χ1n) is 9.73. The van der Waals surface area contributed by atoms with Crippen LogP contribution in [-0.2, 0) is 16.0 Å². The van der Waals surface area contributed by atoms with Gasteiger partial charge in [-0.3, -0.25) is 9.59 Å². The molecule has 2 aromatic rings. The Labute approximate surface area is 163 Å². The van der Waals surface area contributed by atoms with Gasteiger partial charge < -0.3 is 15.0 Å². The number of nitrogens with one attached hydrogen (secondary N) is 1. The van der Waals surface area contributed by atoms with Gasteiger partial charge in [0.2, 0.25) is 5.91 Å². The molecule has 146 valence electrons. The van der Waals surface area contributed by atoms with Crippen LogP contribution in [0.25, 0.3) is 0 Å². The first kappa shape index (κ1) is 18.5. The highest BCUT2D eigenvalue weighted by atomic mass is 19.1. The van der Waals surface area contributed by atoms with Gasteiger partial charge in [0.05, 0.1) is 0 Å². The number of amides is 2. The summed E-state index contributed by atoms with van der Waals surface area (Å²) >= 11 is 0. The van der Waals surface area contributed by atoms with Gasteiger partial charge in [-0.25, -0.2) is 4.39 Å². The molecule has 4 rings (SSSR count). The number of benzene rings is 2. The second-order valence-electron chi connectivity index (χ2n) is 7.36. The summed E-state index contributed by atoms with van der Waals surface area (Å²) in [6.07, 6.45) is 5.04. The molecule has 2 amide bonds. The predicted molar refractivity (Wildman–Crippen MR) is 105 cm³/mol. The number of fused-ring (bicyclic) bond motifs is 1. The van der Waals surface area contributed by atoms with Crippen molar-refractivity contribution < 1.29 is 18.7 Å². The first-order valence-corrected chi connectivity index (χ1v) is 9.73. The largest absolute Gasteiger partial charge is 0.484 e. The van der Waals surface area contributed by atoms with Crippen LogP contribution in [0.3, 0.4) is 0 Å². The van der Waals surface area contributed by atoms with Crippen LogP contribution in [0, 0.1) is 11.7 Å². The fourth-order valence-electron chi connectivity index (χ4n) is 3.96. The number of anilines is 2. The number of nitrogens with zero attached hydrogens (tertiary/aromatic N) is 1. The maximum atomic E-state index is 12.9. The SMILES string of the molecule is O=C(COc1ccc(F)cc1)Nc1ccc2c(c1)N(C(=O)C1CCCC1)CC2. The van der Waals surface area contributed by atoms with Crippen LogP contribution < -0.4 is 15.0 Å². The average Bonchev–Trinajstić information content (AvgIpc) is 3.37. The summed E-state index contributed by atoms with van der Waals surface area (Å²) in [5.41, 5.74) is 2.67. The highest BCUT2D eigenvalue weighted by molar-refractivity contribution is 5.99. The van der Waals surface area contributed by atoms with Crippen molar-refractivity contribution in [3.8, 4) is 5.75 Å². The number of halogens is 1. The van der Waals surface area contributed by atoms with Gasteiger partial charge in [0, 0.05) is 23.8 Å². The van der Waals surface area contributed by atoms with Gasteiger partial charge in [0.1, 0.15) is 11.6 Å². The molecule has 1 aliphatic heterocycles. The predicted octanol–water partition coefficient (Wildman–Crippen LogP) is 3.92. The van der Waals surface area contributed by atoms with Gasteiger partial charge in [-0.2, -0.15) is 0 Å². The smallest absolute Gasteiger partial charge is 0.262 e. The molecule has 0 atom stereocenters. The molecule has 0 bridgehead atoms. The molecule has 0 saturated heterocycles. The summed E-state index contributed by atoms with van der Waals surface area (Å²) in [6, 6.07) is 11.2. The number of carbonyl (C=O) groups is 2.